The maximum absolute atomic E-state index is 11.6. The number of ether oxygens (including phenoxy) is 2. The van der Waals surface area contributed by atoms with Gasteiger partial charge in [-0.15, -0.1) is 0 Å². The summed E-state index contributed by atoms with van der Waals surface area (Å²) in [5, 5.41) is 2.88. The van der Waals surface area contributed by atoms with E-state index in [0.717, 1.165) is 0 Å². The third kappa shape index (κ3) is 4.89. The highest BCUT2D eigenvalue weighted by Crippen LogP contribution is 2.21. The van der Waals surface area contributed by atoms with Crippen molar-refractivity contribution in [3.63, 3.8) is 0 Å². The Labute approximate surface area is 116 Å². The number of hydrogen-bond acceptors (Lipinski definition) is 4. The first-order chi connectivity index (χ1) is 8.93. The van der Waals surface area contributed by atoms with Crippen molar-refractivity contribution in [1.29, 1.82) is 0 Å². The predicted octanol–water partition coefficient (Wildman–Crippen LogP) is 2.49. The van der Waals surface area contributed by atoms with Crippen LogP contribution < -0.4 is 5.32 Å². The van der Waals surface area contributed by atoms with Gasteiger partial charge in [0, 0.05) is 5.69 Å². The average Bonchev–Trinajstić information content (AvgIpc) is 2.37. The largest absolute Gasteiger partial charge is 0.465 e. The summed E-state index contributed by atoms with van der Waals surface area (Å²) in [6, 6.07) is 4.58. The second-order valence-electron chi connectivity index (χ2n) is 4.09. The van der Waals surface area contributed by atoms with Crippen molar-refractivity contribution in [2.75, 3.05) is 19.0 Å². The highest BCUT2D eigenvalue weighted by atomic mass is 35.5. The van der Waals surface area contributed by atoms with Crippen LogP contribution in [0.25, 0.3) is 0 Å². The van der Waals surface area contributed by atoms with Gasteiger partial charge in [-0.05, 0) is 32.0 Å². The van der Waals surface area contributed by atoms with Gasteiger partial charge in [0.2, 0.25) is 5.91 Å². The van der Waals surface area contributed by atoms with Gasteiger partial charge < -0.3 is 14.8 Å². The van der Waals surface area contributed by atoms with Gasteiger partial charge in [-0.3, -0.25) is 4.79 Å². The van der Waals surface area contributed by atoms with Crippen LogP contribution in [0.5, 0.6) is 0 Å². The number of halogens is 1. The number of amides is 1. The molecule has 104 valence electrons. The van der Waals surface area contributed by atoms with Gasteiger partial charge in [0.05, 0.1) is 23.8 Å². The third-order valence-corrected chi connectivity index (χ3v) is 2.53. The van der Waals surface area contributed by atoms with E-state index in [1.54, 1.807) is 6.07 Å². The molecule has 6 heteroatoms. The Balaban J connectivity index is 2.74. The molecule has 1 rings (SSSR count). The number of carbonyl (C=O) groups excluding carboxylic acids is 2. The first-order valence-corrected chi connectivity index (χ1v) is 6.11. The number of rotatable bonds is 5. The van der Waals surface area contributed by atoms with Crippen LogP contribution in [0.15, 0.2) is 18.2 Å². The smallest absolute Gasteiger partial charge is 0.339 e. The van der Waals surface area contributed by atoms with Crippen LogP contribution in [-0.2, 0) is 14.3 Å². The van der Waals surface area contributed by atoms with Crippen molar-refractivity contribution in [1.82, 2.24) is 0 Å². The highest BCUT2D eigenvalue weighted by Gasteiger charge is 2.12. The normalized spacial score (nSPS) is 10.4. The molecule has 0 unspecified atom stereocenters. The van der Waals surface area contributed by atoms with E-state index in [-0.39, 0.29) is 29.2 Å². The first kappa shape index (κ1) is 15.5. The topological polar surface area (TPSA) is 64.6 Å². The van der Waals surface area contributed by atoms with Crippen LogP contribution in [0.4, 0.5) is 5.69 Å². The minimum atomic E-state index is -0.556. The molecule has 0 fully saturated rings. The number of hydrogen-bond donors (Lipinski definition) is 1. The maximum atomic E-state index is 11.6. The zero-order chi connectivity index (χ0) is 14.4. The number of carbonyl (C=O) groups is 2. The van der Waals surface area contributed by atoms with E-state index < -0.39 is 5.97 Å². The number of benzene rings is 1. The molecule has 0 aliphatic carbocycles. The van der Waals surface area contributed by atoms with Gasteiger partial charge in [-0.1, -0.05) is 11.6 Å². The lowest BCUT2D eigenvalue weighted by Crippen LogP contribution is -2.20. The van der Waals surface area contributed by atoms with Crippen LogP contribution in [0.2, 0.25) is 5.02 Å². The molecular weight excluding hydrogens is 270 g/mol. The van der Waals surface area contributed by atoms with E-state index in [0.29, 0.717) is 5.69 Å². The third-order valence-electron chi connectivity index (χ3n) is 2.20. The van der Waals surface area contributed by atoms with Gasteiger partial charge in [-0.2, -0.15) is 0 Å². The molecule has 0 aliphatic heterocycles. The van der Waals surface area contributed by atoms with Crippen molar-refractivity contribution in [2.45, 2.75) is 20.0 Å². The quantitative estimate of drug-likeness (QED) is 0.844. The van der Waals surface area contributed by atoms with Crippen molar-refractivity contribution in [2.24, 2.45) is 0 Å². The summed E-state index contributed by atoms with van der Waals surface area (Å²) in [6.45, 7) is 3.63. The summed E-state index contributed by atoms with van der Waals surface area (Å²) in [4.78, 5) is 23.0. The van der Waals surface area contributed by atoms with E-state index in [4.69, 9.17) is 16.3 Å². The van der Waals surface area contributed by atoms with Crippen molar-refractivity contribution in [3.05, 3.63) is 28.8 Å². The Bertz CT molecular complexity index is 474. The fourth-order valence-electron chi connectivity index (χ4n) is 1.31. The lowest BCUT2D eigenvalue weighted by Gasteiger charge is -2.10. The predicted molar refractivity (Wildman–Crippen MR) is 72.5 cm³/mol. The summed E-state index contributed by atoms with van der Waals surface area (Å²) >= 11 is 5.87. The molecule has 5 nitrogen and oxygen atoms in total. The zero-order valence-corrected chi connectivity index (χ0v) is 11.8. The molecule has 1 N–H and O–H groups in total. The molecule has 1 aromatic rings. The molecule has 19 heavy (non-hydrogen) atoms. The summed E-state index contributed by atoms with van der Waals surface area (Å²) in [7, 11) is 1.26. The second-order valence-corrected chi connectivity index (χ2v) is 4.50. The summed E-state index contributed by atoms with van der Waals surface area (Å²) in [5.41, 5.74) is 0.661. The van der Waals surface area contributed by atoms with E-state index in [2.05, 4.69) is 10.1 Å². The van der Waals surface area contributed by atoms with Gasteiger partial charge in [-0.25, -0.2) is 4.79 Å². The minimum absolute atomic E-state index is 0.0263. The van der Waals surface area contributed by atoms with Crippen molar-refractivity contribution >= 4 is 29.2 Å². The molecule has 0 radical (unpaired) electrons. The van der Waals surface area contributed by atoms with Crippen LogP contribution >= 0.6 is 11.6 Å². The molecular formula is C13H16ClNO4. The van der Waals surface area contributed by atoms with Crippen LogP contribution in [0, 0.1) is 0 Å². The highest BCUT2D eigenvalue weighted by molar-refractivity contribution is 6.33. The van der Waals surface area contributed by atoms with E-state index in [9.17, 15) is 9.59 Å². The number of esters is 1. The molecule has 0 aliphatic rings. The minimum Gasteiger partial charge on any atom is -0.465 e. The summed E-state index contributed by atoms with van der Waals surface area (Å²) in [6.07, 6.45) is -0.0263. The van der Waals surface area contributed by atoms with Crippen LogP contribution in [-0.4, -0.2) is 31.7 Å². The fraction of sp³-hybridized carbons (Fsp3) is 0.385. The van der Waals surface area contributed by atoms with Gasteiger partial charge in [0.15, 0.2) is 0 Å². The number of methoxy groups -OCH3 is 1. The second kappa shape index (κ2) is 7.11. The molecule has 0 heterocycles. The summed E-state index contributed by atoms with van der Waals surface area (Å²) in [5.74, 6) is -0.855. The van der Waals surface area contributed by atoms with E-state index in [1.807, 2.05) is 13.8 Å². The maximum Gasteiger partial charge on any atom is 0.339 e. The van der Waals surface area contributed by atoms with Gasteiger partial charge >= 0.3 is 5.97 Å². The standard InChI is InChI=1S/C13H16ClNO4/c1-8(2)19-7-12(16)15-9-4-5-11(14)10(6-9)13(17)18-3/h4-6,8H,7H2,1-3H3,(H,15,16). The first-order valence-electron chi connectivity index (χ1n) is 5.73. The van der Waals surface area contributed by atoms with E-state index in [1.165, 1.54) is 19.2 Å². The monoisotopic (exact) mass is 285 g/mol. The van der Waals surface area contributed by atoms with Crippen LogP contribution in [0.3, 0.4) is 0 Å². The SMILES string of the molecule is COC(=O)c1cc(NC(=O)COC(C)C)ccc1Cl. The Kier molecular flexibility index (Phi) is 5.79. The molecule has 1 aromatic carbocycles. The van der Waals surface area contributed by atoms with E-state index >= 15 is 0 Å². The molecule has 0 saturated carbocycles. The zero-order valence-electron chi connectivity index (χ0n) is 11.0. The molecule has 0 aromatic heterocycles. The lowest BCUT2D eigenvalue weighted by atomic mass is 10.2. The molecule has 0 bridgehead atoms. The number of anilines is 1. The average molecular weight is 286 g/mol. The Hall–Kier alpha value is -1.59. The van der Waals surface area contributed by atoms with Crippen molar-refractivity contribution in [3.8, 4) is 0 Å². The van der Waals surface area contributed by atoms with Crippen LogP contribution in [0.1, 0.15) is 24.2 Å². The van der Waals surface area contributed by atoms with Gasteiger partial charge in [0.1, 0.15) is 6.61 Å². The lowest BCUT2D eigenvalue weighted by molar-refractivity contribution is -0.121. The Morgan fingerprint density at radius 1 is 1.37 bits per heavy atom. The summed E-state index contributed by atoms with van der Waals surface area (Å²) < 4.78 is 9.76. The molecule has 0 spiro atoms. The fourth-order valence-corrected chi connectivity index (χ4v) is 1.50. The van der Waals surface area contributed by atoms with Gasteiger partial charge in [0.25, 0.3) is 0 Å². The molecule has 1 amide bonds. The Morgan fingerprint density at radius 2 is 2.05 bits per heavy atom. The Morgan fingerprint density at radius 3 is 2.63 bits per heavy atom. The number of nitrogens with one attached hydrogen (secondary N) is 1. The van der Waals surface area contributed by atoms with Crippen molar-refractivity contribution < 1.29 is 19.1 Å². The molecule has 0 saturated heterocycles. The molecule has 0 atom stereocenters.